The molecule has 196 valence electrons. The molecule has 3 rings (SSSR count). The molecule has 2 heterocycles. The van der Waals surface area contributed by atoms with Crippen molar-refractivity contribution >= 4 is 40.6 Å². The van der Waals surface area contributed by atoms with E-state index < -0.39 is 29.5 Å². The fourth-order valence-electron chi connectivity index (χ4n) is 3.25. The average molecular weight is 512 g/mol. The molecule has 1 aromatic carbocycles. The molecule has 3 aromatic rings. The molecule has 2 aromatic heterocycles. The molecule has 13 nitrogen and oxygen atoms in total. The smallest absolute Gasteiger partial charge is 0.328 e. The van der Waals surface area contributed by atoms with Crippen molar-refractivity contribution < 1.29 is 29.0 Å². The van der Waals surface area contributed by atoms with Gasteiger partial charge in [-0.15, -0.1) is 0 Å². The zero-order valence-electron chi connectivity index (χ0n) is 20.9. The standard InChI is InChI=1S/C24H29N7O6/c1-24(2,3)37-17(32)10-9-16(22(35)36-4)29-20(33)13-5-7-14(8-6-13)26-11-15-12-27-19-18(28-15)21(34)31-23(25)30-19/h5-8,12,16,26H,9-11H2,1-4H3,(H,29,33)(H3,25,27,30,31,34). The van der Waals surface area contributed by atoms with E-state index in [1.54, 1.807) is 45.0 Å². The van der Waals surface area contributed by atoms with Crippen molar-refractivity contribution in [2.45, 2.75) is 51.8 Å². The minimum Gasteiger partial charge on any atom is -0.492 e. The number of nitrogens with two attached hydrogens (primary N) is 1. The van der Waals surface area contributed by atoms with Gasteiger partial charge in [0, 0.05) is 17.7 Å². The van der Waals surface area contributed by atoms with E-state index in [2.05, 4.69) is 30.6 Å². The first-order valence-electron chi connectivity index (χ1n) is 11.4. The van der Waals surface area contributed by atoms with E-state index in [-0.39, 0.29) is 42.4 Å². The molecular weight excluding hydrogens is 482 g/mol. The van der Waals surface area contributed by atoms with Crippen LogP contribution < -0.4 is 16.4 Å². The summed E-state index contributed by atoms with van der Waals surface area (Å²) in [6.45, 7) is 5.51. The number of ether oxygens (including phenoxy) is 2. The number of hydrogen-bond acceptors (Lipinski definition) is 12. The van der Waals surface area contributed by atoms with Gasteiger partial charge in [-0.05, 0) is 51.5 Å². The molecule has 0 fully saturated rings. The SMILES string of the molecule is COC(=O)C(CCC(=O)OC(C)(C)C)NC(=O)c1ccc(NCc2cnc3nc(N)nc(O)c3n2)cc1. The zero-order chi connectivity index (χ0) is 27.2. The van der Waals surface area contributed by atoms with Gasteiger partial charge in [0.25, 0.3) is 5.91 Å². The first-order valence-corrected chi connectivity index (χ1v) is 11.4. The minimum atomic E-state index is -1.01. The summed E-state index contributed by atoms with van der Waals surface area (Å²) in [5.74, 6) is -2.10. The van der Waals surface area contributed by atoms with Crippen LogP contribution in [-0.4, -0.2) is 61.6 Å². The van der Waals surface area contributed by atoms with Crippen LogP contribution in [0.2, 0.25) is 0 Å². The third kappa shape index (κ3) is 7.72. The third-order valence-corrected chi connectivity index (χ3v) is 4.92. The van der Waals surface area contributed by atoms with Crippen molar-refractivity contribution in [3.63, 3.8) is 0 Å². The maximum absolute atomic E-state index is 12.7. The molecule has 5 N–H and O–H groups in total. The molecule has 0 aliphatic rings. The number of nitrogens with zero attached hydrogens (tertiary/aromatic N) is 4. The highest BCUT2D eigenvalue weighted by molar-refractivity contribution is 5.97. The lowest BCUT2D eigenvalue weighted by atomic mass is 10.1. The largest absolute Gasteiger partial charge is 0.492 e. The predicted octanol–water partition coefficient (Wildman–Crippen LogP) is 1.71. The second-order valence-corrected chi connectivity index (χ2v) is 9.04. The van der Waals surface area contributed by atoms with Gasteiger partial charge in [0.1, 0.15) is 11.6 Å². The Kier molecular flexibility index (Phi) is 8.37. The van der Waals surface area contributed by atoms with Gasteiger partial charge in [0.05, 0.1) is 25.5 Å². The van der Waals surface area contributed by atoms with Crippen LogP contribution in [0.25, 0.3) is 11.2 Å². The van der Waals surface area contributed by atoms with Crippen molar-refractivity contribution in [2.75, 3.05) is 18.2 Å². The number of aromatic nitrogens is 4. The summed E-state index contributed by atoms with van der Waals surface area (Å²) in [4.78, 5) is 52.8. The molecule has 0 saturated heterocycles. The Bertz CT molecular complexity index is 1290. The van der Waals surface area contributed by atoms with Gasteiger partial charge < -0.3 is 30.9 Å². The summed E-state index contributed by atoms with van der Waals surface area (Å²) in [5, 5.41) is 15.7. The maximum atomic E-state index is 12.7. The summed E-state index contributed by atoms with van der Waals surface area (Å²) >= 11 is 0. The lowest BCUT2D eigenvalue weighted by Gasteiger charge is -2.21. The number of methoxy groups -OCH3 is 1. The summed E-state index contributed by atoms with van der Waals surface area (Å²) in [6, 6.07) is 5.50. The molecule has 0 aliphatic heterocycles. The first kappa shape index (κ1) is 27.0. The van der Waals surface area contributed by atoms with Crippen LogP contribution in [0.1, 0.15) is 49.7 Å². The number of rotatable bonds is 9. The van der Waals surface area contributed by atoms with Crippen LogP contribution in [0.5, 0.6) is 5.88 Å². The van der Waals surface area contributed by atoms with Crippen LogP contribution in [0.3, 0.4) is 0 Å². The van der Waals surface area contributed by atoms with E-state index in [0.29, 0.717) is 16.9 Å². The quantitative estimate of drug-likeness (QED) is 0.304. The van der Waals surface area contributed by atoms with Crippen LogP contribution in [0.15, 0.2) is 30.5 Å². The Morgan fingerprint density at radius 3 is 2.46 bits per heavy atom. The zero-order valence-corrected chi connectivity index (χ0v) is 20.9. The number of benzene rings is 1. The summed E-state index contributed by atoms with van der Waals surface area (Å²) in [7, 11) is 1.21. The number of hydrogen-bond donors (Lipinski definition) is 4. The number of nitrogens with one attached hydrogen (secondary N) is 2. The van der Waals surface area contributed by atoms with Crippen LogP contribution in [-0.2, 0) is 25.6 Å². The summed E-state index contributed by atoms with van der Waals surface area (Å²) < 4.78 is 10.0. The molecule has 0 spiro atoms. The van der Waals surface area contributed by atoms with Crippen LogP contribution in [0.4, 0.5) is 11.6 Å². The Morgan fingerprint density at radius 2 is 1.81 bits per heavy atom. The Labute approximate surface area is 212 Å². The van der Waals surface area contributed by atoms with Gasteiger partial charge in [0.2, 0.25) is 11.8 Å². The van der Waals surface area contributed by atoms with Crippen molar-refractivity contribution in [1.29, 1.82) is 0 Å². The molecule has 37 heavy (non-hydrogen) atoms. The number of nitrogen functional groups attached to an aromatic ring is 1. The average Bonchev–Trinajstić information content (AvgIpc) is 2.84. The highest BCUT2D eigenvalue weighted by Crippen LogP contribution is 2.19. The molecule has 0 saturated carbocycles. The number of aromatic hydroxyl groups is 1. The van der Waals surface area contributed by atoms with Gasteiger partial charge in [-0.25, -0.2) is 14.8 Å². The number of carbonyl (C=O) groups excluding carboxylic acids is 3. The Balaban J connectivity index is 1.59. The van der Waals surface area contributed by atoms with Crippen molar-refractivity contribution in [1.82, 2.24) is 25.3 Å². The summed E-state index contributed by atoms with van der Waals surface area (Å²) in [5.41, 5.74) is 6.67. The molecular formula is C24H29N7O6. The molecule has 0 radical (unpaired) electrons. The first-order chi connectivity index (χ1) is 17.4. The lowest BCUT2D eigenvalue weighted by molar-refractivity contribution is -0.155. The lowest BCUT2D eigenvalue weighted by Crippen LogP contribution is -2.42. The van der Waals surface area contributed by atoms with Crippen LogP contribution >= 0.6 is 0 Å². The number of carbonyl (C=O) groups is 3. The van der Waals surface area contributed by atoms with Gasteiger partial charge in [-0.3, -0.25) is 9.59 Å². The number of esters is 2. The van der Waals surface area contributed by atoms with E-state index >= 15 is 0 Å². The number of anilines is 2. The fraction of sp³-hybridized carbons (Fsp3) is 0.375. The van der Waals surface area contributed by atoms with Gasteiger partial charge in [0.15, 0.2) is 11.2 Å². The molecule has 0 aliphatic carbocycles. The van der Waals surface area contributed by atoms with Crippen molar-refractivity contribution in [3.8, 4) is 5.88 Å². The van der Waals surface area contributed by atoms with E-state index in [4.69, 9.17) is 15.2 Å². The number of amides is 1. The molecule has 1 amide bonds. The Morgan fingerprint density at radius 1 is 1.11 bits per heavy atom. The van der Waals surface area contributed by atoms with E-state index in [0.717, 1.165) is 0 Å². The highest BCUT2D eigenvalue weighted by Gasteiger charge is 2.25. The third-order valence-electron chi connectivity index (χ3n) is 4.92. The second kappa shape index (κ2) is 11.5. The monoisotopic (exact) mass is 511 g/mol. The Hall–Kier alpha value is -4.55. The van der Waals surface area contributed by atoms with Gasteiger partial charge in [-0.1, -0.05) is 0 Å². The topological polar surface area (TPSA) is 192 Å². The van der Waals surface area contributed by atoms with Gasteiger partial charge >= 0.3 is 11.9 Å². The minimum absolute atomic E-state index is 0.0347. The van der Waals surface area contributed by atoms with Crippen LogP contribution in [0, 0.1) is 0 Å². The van der Waals surface area contributed by atoms with Crippen molar-refractivity contribution in [3.05, 3.63) is 41.7 Å². The van der Waals surface area contributed by atoms with Gasteiger partial charge in [-0.2, -0.15) is 9.97 Å². The fourth-order valence-corrected chi connectivity index (χ4v) is 3.25. The van der Waals surface area contributed by atoms with Crippen molar-refractivity contribution in [2.24, 2.45) is 0 Å². The van der Waals surface area contributed by atoms with E-state index in [1.807, 2.05) is 0 Å². The maximum Gasteiger partial charge on any atom is 0.328 e. The molecule has 1 unspecified atom stereocenters. The number of fused-ring (bicyclic) bond motifs is 1. The summed E-state index contributed by atoms with van der Waals surface area (Å²) in [6.07, 6.45) is 1.47. The molecule has 1 atom stereocenters. The molecule has 0 bridgehead atoms. The second-order valence-electron chi connectivity index (χ2n) is 9.04. The highest BCUT2D eigenvalue weighted by atomic mass is 16.6. The predicted molar refractivity (Wildman–Crippen MR) is 133 cm³/mol. The molecule has 13 heteroatoms. The van der Waals surface area contributed by atoms with E-state index in [1.165, 1.54) is 13.3 Å². The van der Waals surface area contributed by atoms with E-state index in [9.17, 15) is 19.5 Å². The normalized spacial score (nSPS) is 12.0.